The van der Waals surface area contributed by atoms with Gasteiger partial charge < -0.3 is 15.5 Å². The summed E-state index contributed by atoms with van der Waals surface area (Å²) in [5.74, 6) is -0.598. The van der Waals surface area contributed by atoms with Crippen LogP contribution in [-0.2, 0) is 9.59 Å². The zero-order valence-electron chi connectivity index (χ0n) is 15.6. The van der Waals surface area contributed by atoms with Crippen LogP contribution in [0.15, 0.2) is 60.9 Å². The Labute approximate surface area is 178 Å². The molecule has 0 atom stereocenters. The van der Waals surface area contributed by atoms with Gasteiger partial charge in [-0.1, -0.05) is 35.3 Å². The summed E-state index contributed by atoms with van der Waals surface area (Å²) >= 11 is 12.1. The maximum atomic E-state index is 12.5. The minimum Gasteiger partial charge on any atom is -0.374 e. The van der Waals surface area contributed by atoms with E-state index in [4.69, 9.17) is 23.2 Å². The molecule has 3 rings (SSSR count). The molecule has 1 aromatic heterocycles. The highest BCUT2D eigenvalue weighted by molar-refractivity contribution is 6.33. The number of hydrogen-bond donors (Lipinski definition) is 2. The normalized spacial score (nSPS) is 10.4. The highest BCUT2D eigenvalue weighted by atomic mass is 35.5. The van der Waals surface area contributed by atoms with E-state index in [-0.39, 0.29) is 24.9 Å². The lowest BCUT2D eigenvalue weighted by Gasteiger charge is -2.19. The summed E-state index contributed by atoms with van der Waals surface area (Å²) in [6.45, 7) is -0.113. The van der Waals surface area contributed by atoms with E-state index in [9.17, 15) is 9.59 Å². The van der Waals surface area contributed by atoms with Crippen molar-refractivity contribution in [1.82, 2.24) is 14.7 Å². The van der Waals surface area contributed by atoms with Crippen molar-refractivity contribution in [2.45, 2.75) is 0 Å². The van der Waals surface area contributed by atoms with Gasteiger partial charge in [0.25, 0.3) is 0 Å². The van der Waals surface area contributed by atoms with Crippen LogP contribution in [0.2, 0.25) is 10.0 Å². The molecule has 0 radical (unpaired) electrons. The molecule has 0 unspecified atom stereocenters. The van der Waals surface area contributed by atoms with Gasteiger partial charge in [0.15, 0.2) is 0 Å². The third kappa shape index (κ3) is 5.49. The first-order valence-electron chi connectivity index (χ1n) is 8.76. The van der Waals surface area contributed by atoms with Gasteiger partial charge >= 0.3 is 0 Å². The van der Waals surface area contributed by atoms with E-state index >= 15 is 0 Å². The SMILES string of the molecule is CN(CC(=O)Nc1ccccc1Cl)C(=O)CNc1cc(Cl)ccc1-n1cccn1. The fourth-order valence-corrected chi connectivity index (χ4v) is 2.98. The van der Waals surface area contributed by atoms with Gasteiger partial charge in [0.1, 0.15) is 0 Å². The monoisotopic (exact) mass is 431 g/mol. The van der Waals surface area contributed by atoms with E-state index in [1.54, 1.807) is 66.6 Å². The minimum atomic E-state index is -0.339. The van der Waals surface area contributed by atoms with Crippen molar-refractivity contribution in [3.63, 3.8) is 0 Å². The molecule has 0 aliphatic carbocycles. The van der Waals surface area contributed by atoms with Crippen LogP contribution >= 0.6 is 23.2 Å². The summed E-state index contributed by atoms with van der Waals surface area (Å²) in [6.07, 6.45) is 3.45. The molecule has 3 aromatic rings. The Morgan fingerprint density at radius 3 is 2.62 bits per heavy atom. The molecule has 1 heterocycles. The lowest BCUT2D eigenvalue weighted by molar-refractivity contribution is -0.131. The van der Waals surface area contributed by atoms with Crippen molar-refractivity contribution in [3.8, 4) is 5.69 Å². The number of aromatic nitrogens is 2. The van der Waals surface area contributed by atoms with Crippen LogP contribution in [-0.4, -0.2) is 46.6 Å². The third-order valence-electron chi connectivity index (χ3n) is 4.09. The van der Waals surface area contributed by atoms with Gasteiger partial charge in [-0.25, -0.2) is 4.68 Å². The van der Waals surface area contributed by atoms with Crippen LogP contribution in [0.5, 0.6) is 0 Å². The summed E-state index contributed by atoms with van der Waals surface area (Å²) in [5, 5.41) is 10.9. The Hall–Kier alpha value is -3.03. The molecule has 0 spiro atoms. The molecule has 150 valence electrons. The number of nitrogens with zero attached hydrogens (tertiary/aromatic N) is 3. The highest BCUT2D eigenvalue weighted by Crippen LogP contribution is 2.24. The average Bonchev–Trinajstić information content (AvgIpc) is 3.22. The van der Waals surface area contributed by atoms with E-state index in [0.717, 1.165) is 5.69 Å². The molecule has 0 saturated carbocycles. The van der Waals surface area contributed by atoms with Crippen molar-refractivity contribution in [1.29, 1.82) is 0 Å². The number of para-hydroxylation sites is 1. The molecule has 2 aromatic carbocycles. The van der Waals surface area contributed by atoms with Gasteiger partial charge in [-0.05, 0) is 36.4 Å². The van der Waals surface area contributed by atoms with Crippen LogP contribution < -0.4 is 10.6 Å². The van der Waals surface area contributed by atoms with Crippen LogP contribution in [0.3, 0.4) is 0 Å². The zero-order valence-corrected chi connectivity index (χ0v) is 17.1. The first-order valence-corrected chi connectivity index (χ1v) is 9.51. The largest absolute Gasteiger partial charge is 0.374 e. The number of likely N-dealkylation sites (N-methyl/N-ethyl adjacent to an activating group) is 1. The summed E-state index contributed by atoms with van der Waals surface area (Å²) in [6, 6.07) is 14.0. The van der Waals surface area contributed by atoms with Crippen molar-refractivity contribution in [2.75, 3.05) is 30.8 Å². The van der Waals surface area contributed by atoms with E-state index < -0.39 is 0 Å². The Morgan fingerprint density at radius 2 is 1.90 bits per heavy atom. The van der Waals surface area contributed by atoms with E-state index in [1.165, 1.54) is 4.90 Å². The fraction of sp³-hybridized carbons (Fsp3) is 0.150. The van der Waals surface area contributed by atoms with Crippen molar-refractivity contribution in [2.24, 2.45) is 0 Å². The fourth-order valence-electron chi connectivity index (χ4n) is 2.62. The molecule has 0 bridgehead atoms. The maximum Gasteiger partial charge on any atom is 0.244 e. The van der Waals surface area contributed by atoms with Gasteiger partial charge in [-0.2, -0.15) is 5.10 Å². The van der Waals surface area contributed by atoms with Crippen LogP contribution in [0.25, 0.3) is 5.69 Å². The molecule has 0 fully saturated rings. The highest BCUT2D eigenvalue weighted by Gasteiger charge is 2.15. The molecule has 29 heavy (non-hydrogen) atoms. The molecule has 2 amide bonds. The minimum absolute atomic E-state index is 0.00944. The number of halogens is 2. The molecule has 9 heteroatoms. The number of nitrogens with one attached hydrogen (secondary N) is 2. The number of rotatable bonds is 7. The van der Waals surface area contributed by atoms with Gasteiger partial charge in [-0.15, -0.1) is 0 Å². The van der Waals surface area contributed by atoms with Crippen molar-refractivity contribution < 1.29 is 9.59 Å². The number of amides is 2. The number of benzene rings is 2. The Bertz CT molecular complexity index is 1010. The summed E-state index contributed by atoms with van der Waals surface area (Å²) in [5.41, 5.74) is 1.91. The van der Waals surface area contributed by atoms with Crippen molar-refractivity contribution >= 4 is 46.4 Å². The molecule has 0 aliphatic heterocycles. The lowest BCUT2D eigenvalue weighted by atomic mass is 10.2. The van der Waals surface area contributed by atoms with Crippen molar-refractivity contribution in [3.05, 3.63) is 71.0 Å². The zero-order chi connectivity index (χ0) is 20.8. The van der Waals surface area contributed by atoms with Crippen LogP contribution in [0.4, 0.5) is 11.4 Å². The van der Waals surface area contributed by atoms with Gasteiger partial charge in [0.2, 0.25) is 11.8 Å². The molecular formula is C20H19Cl2N5O2. The second-order valence-electron chi connectivity index (χ2n) is 6.24. The summed E-state index contributed by atoms with van der Waals surface area (Å²) in [7, 11) is 1.56. The standard InChI is InChI=1S/C20H19Cl2N5O2/c1-26(13-19(28)25-16-6-3-2-5-15(16)22)20(29)12-23-17-11-14(21)7-8-18(17)27-10-4-9-24-27/h2-11,23H,12-13H2,1H3,(H,25,28). The predicted octanol–water partition coefficient (Wildman–Crippen LogP) is 3.69. The first kappa shape index (κ1) is 20.7. The smallest absolute Gasteiger partial charge is 0.244 e. The number of anilines is 2. The van der Waals surface area contributed by atoms with E-state index in [2.05, 4.69) is 15.7 Å². The van der Waals surface area contributed by atoms with E-state index in [1.807, 2.05) is 6.07 Å². The van der Waals surface area contributed by atoms with Gasteiger partial charge in [-0.3, -0.25) is 9.59 Å². The second-order valence-corrected chi connectivity index (χ2v) is 7.09. The Morgan fingerprint density at radius 1 is 1.10 bits per heavy atom. The molecular weight excluding hydrogens is 413 g/mol. The number of carbonyl (C=O) groups is 2. The van der Waals surface area contributed by atoms with Gasteiger partial charge in [0.05, 0.1) is 35.2 Å². The van der Waals surface area contributed by atoms with Gasteiger partial charge in [0, 0.05) is 24.5 Å². The lowest BCUT2D eigenvalue weighted by Crippen LogP contribution is -2.38. The Kier molecular flexibility index (Phi) is 6.74. The molecule has 2 N–H and O–H groups in total. The second kappa shape index (κ2) is 9.45. The third-order valence-corrected chi connectivity index (χ3v) is 4.66. The topological polar surface area (TPSA) is 79.3 Å². The molecule has 0 saturated heterocycles. The maximum absolute atomic E-state index is 12.5. The quantitative estimate of drug-likeness (QED) is 0.597. The first-order chi connectivity index (χ1) is 13.9. The summed E-state index contributed by atoms with van der Waals surface area (Å²) in [4.78, 5) is 26.0. The van der Waals surface area contributed by atoms with E-state index in [0.29, 0.717) is 21.4 Å². The number of carbonyl (C=O) groups excluding carboxylic acids is 2. The predicted molar refractivity (Wildman–Crippen MR) is 115 cm³/mol. The van der Waals surface area contributed by atoms with Crippen LogP contribution in [0, 0.1) is 0 Å². The average molecular weight is 432 g/mol. The molecule has 7 nitrogen and oxygen atoms in total. The van der Waals surface area contributed by atoms with Crippen LogP contribution in [0.1, 0.15) is 0 Å². The summed E-state index contributed by atoms with van der Waals surface area (Å²) < 4.78 is 1.67. The number of hydrogen-bond acceptors (Lipinski definition) is 4. The Balaban J connectivity index is 1.59. The molecule has 0 aliphatic rings.